The molecule has 0 heterocycles. The summed E-state index contributed by atoms with van der Waals surface area (Å²) in [4.78, 5) is 3.40. The number of ether oxygens (including phenoxy) is 1. The van der Waals surface area contributed by atoms with Crippen LogP contribution in [0.3, 0.4) is 0 Å². The zero-order valence-electron chi connectivity index (χ0n) is 9.23. The van der Waals surface area contributed by atoms with Crippen molar-refractivity contribution in [3.8, 4) is 5.75 Å². The molecule has 16 heavy (non-hydrogen) atoms. The maximum Gasteiger partial charge on any atom is 0.218 e. The highest BCUT2D eigenvalue weighted by Gasteiger charge is 2.06. The van der Waals surface area contributed by atoms with Crippen molar-refractivity contribution >= 4 is 10.8 Å². The third kappa shape index (κ3) is 1.85. The molecule has 0 fully saturated rings. The van der Waals surface area contributed by atoms with E-state index in [1.807, 2.05) is 24.3 Å². The minimum Gasteiger partial charge on any atom is -0.496 e. The average Bonchev–Trinajstić information content (AvgIpc) is 2.36. The zero-order valence-corrected chi connectivity index (χ0v) is 9.23. The van der Waals surface area contributed by atoms with Crippen LogP contribution in [0, 0.1) is 6.57 Å². The first-order valence-electron chi connectivity index (χ1n) is 5.24. The minimum absolute atomic E-state index is 0.538. The summed E-state index contributed by atoms with van der Waals surface area (Å²) in [6.07, 6.45) is 0.800. The maximum atomic E-state index is 6.84. The van der Waals surface area contributed by atoms with Crippen molar-refractivity contribution in [3.63, 3.8) is 0 Å². The monoisotopic (exact) mass is 211 g/mol. The van der Waals surface area contributed by atoms with Gasteiger partial charge in [-0.25, -0.2) is 6.57 Å². The molecule has 2 aromatic rings. The number of methoxy groups -OCH3 is 1. The van der Waals surface area contributed by atoms with E-state index >= 15 is 0 Å². The van der Waals surface area contributed by atoms with E-state index < -0.39 is 0 Å². The fourth-order valence-electron chi connectivity index (χ4n) is 1.91. The summed E-state index contributed by atoms with van der Waals surface area (Å²) in [5.74, 6) is 0.891. The van der Waals surface area contributed by atoms with Crippen LogP contribution in [0.25, 0.3) is 15.6 Å². The normalized spacial score (nSPS) is 10.0. The van der Waals surface area contributed by atoms with Gasteiger partial charge in [-0.15, -0.1) is 0 Å². The van der Waals surface area contributed by atoms with Gasteiger partial charge in [0.2, 0.25) is 6.54 Å². The average molecular weight is 211 g/mol. The van der Waals surface area contributed by atoms with Crippen molar-refractivity contribution in [3.05, 3.63) is 53.4 Å². The van der Waals surface area contributed by atoms with Gasteiger partial charge in [-0.3, -0.25) is 0 Å². The van der Waals surface area contributed by atoms with Crippen LogP contribution in [0.2, 0.25) is 0 Å². The molecule has 2 rings (SSSR count). The van der Waals surface area contributed by atoms with Crippen molar-refractivity contribution in [1.29, 1.82) is 0 Å². The number of fused-ring (bicyclic) bond motifs is 1. The zero-order chi connectivity index (χ0) is 11.4. The Balaban J connectivity index is 2.56. The van der Waals surface area contributed by atoms with E-state index in [4.69, 9.17) is 11.3 Å². The standard InChI is InChI=1S/C14H13NO/c1-15-10-9-11-7-8-14(16-2)13-6-4-3-5-12(11)13/h3-8H,9-10H2,2H3. The SMILES string of the molecule is [C-]#[N+]CCc1ccc(OC)c2ccccc12. The highest BCUT2D eigenvalue weighted by Crippen LogP contribution is 2.28. The molecule has 0 N–H and O–H groups in total. The molecule has 0 amide bonds. The first kappa shape index (κ1) is 10.5. The van der Waals surface area contributed by atoms with Gasteiger partial charge in [-0.1, -0.05) is 30.3 Å². The third-order valence-corrected chi connectivity index (χ3v) is 2.69. The Hall–Kier alpha value is -2.01. The first-order chi connectivity index (χ1) is 7.86. The molecule has 0 saturated carbocycles. The van der Waals surface area contributed by atoms with Crippen LogP contribution < -0.4 is 4.74 Å². The predicted molar refractivity (Wildman–Crippen MR) is 65.7 cm³/mol. The van der Waals surface area contributed by atoms with Crippen LogP contribution >= 0.6 is 0 Å². The molecular formula is C14H13NO. The Morgan fingerprint density at radius 3 is 2.56 bits per heavy atom. The summed E-state index contributed by atoms with van der Waals surface area (Å²) in [6.45, 7) is 7.38. The molecule has 0 aliphatic heterocycles. The van der Waals surface area contributed by atoms with Crippen LogP contribution in [-0.4, -0.2) is 13.7 Å². The molecule has 2 nitrogen and oxygen atoms in total. The summed E-state index contributed by atoms with van der Waals surface area (Å²) in [7, 11) is 1.68. The topological polar surface area (TPSA) is 13.6 Å². The minimum atomic E-state index is 0.538. The van der Waals surface area contributed by atoms with Gasteiger partial charge in [0, 0.05) is 11.8 Å². The van der Waals surface area contributed by atoms with E-state index in [1.54, 1.807) is 7.11 Å². The molecule has 2 heteroatoms. The van der Waals surface area contributed by atoms with Crippen molar-refractivity contribution in [2.45, 2.75) is 6.42 Å². The Morgan fingerprint density at radius 2 is 1.88 bits per heavy atom. The highest BCUT2D eigenvalue weighted by molar-refractivity contribution is 5.91. The number of benzene rings is 2. The lowest BCUT2D eigenvalue weighted by atomic mass is 10.0. The molecule has 0 bridgehead atoms. The van der Waals surface area contributed by atoms with E-state index in [0.29, 0.717) is 6.54 Å². The maximum absolute atomic E-state index is 6.84. The van der Waals surface area contributed by atoms with Crippen LogP contribution in [-0.2, 0) is 6.42 Å². The largest absolute Gasteiger partial charge is 0.496 e. The number of hydrogen-bond donors (Lipinski definition) is 0. The molecule has 2 aromatic carbocycles. The van der Waals surface area contributed by atoms with Crippen LogP contribution in [0.1, 0.15) is 5.56 Å². The van der Waals surface area contributed by atoms with Crippen molar-refractivity contribution < 1.29 is 4.74 Å². The van der Waals surface area contributed by atoms with Gasteiger partial charge in [0.1, 0.15) is 5.75 Å². The van der Waals surface area contributed by atoms with Crippen LogP contribution in [0.15, 0.2) is 36.4 Å². The Morgan fingerprint density at radius 1 is 1.12 bits per heavy atom. The van der Waals surface area contributed by atoms with Gasteiger partial charge < -0.3 is 9.58 Å². The highest BCUT2D eigenvalue weighted by atomic mass is 16.5. The Bertz CT molecular complexity index is 540. The number of nitrogens with zero attached hydrogens (tertiary/aromatic N) is 1. The first-order valence-corrected chi connectivity index (χ1v) is 5.24. The fourth-order valence-corrected chi connectivity index (χ4v) is 1.91. The van der Waals surface area contributed by atoms with Crippen LogP contribution in [0.5, 0.6) is 5.75 Å². The van der Waals surface area contributed by atoms with E-state index in [9.17, 15) is 0 Å². The second-order valence-corrected chi connectivity index (χ2v) is 3.60. The Kier molecular flexibility index (Phi) is 3.07. The fraction of sp³-hybridized carbons (Fsp3) is 0.214. The van der Waals surface area contributed by atoms with Gasteiger partial charge in [0.15, 0.2) is 0 Å². The van der Waals surface area contributed by atoms with Gasteiger partial charge >= 0.3 is 0 Å². The Labute approximate surface area is 95.3 Å². The molecule has 0 aliphatic carbocycles. The van der Waals surface area contributed by atoms with Gasteiger partial charge in [0.25, 0.3) is 0 Å². The van der Waals surface area contributed by atoms with Gasteiger partial charge in [-0.2, -0.15) is 0 Å². The van der Waals surface area contributed by atoms with Crippen LogP contribution in [0.4, 0.5) is 0 Å². The second kappa shape index (κ2) is 4.67. The quantitative estimate of drug-likeness (QED) is 0.710. The molecule has 0 aromatic heterocycles. The predicted octanol–water partition coefficient (Wildman–Crippen LogP) is 3.31. The van der Waals surface area contributed by atoms with Crippen molar-refractivity contribution in [1.82, 2.24) is 0 Å². The van der Waals surface area contributed by atoms with E-state index in [0.717, 1.165) is 17.6 Å². The lowest BCUT2D eigenvalue weighted by Gasteiger charge is -2.08. The molecule has 0 aliphatic rings. The summed E-state index contributed by atoms with van der Waals surface area (Å²) < 4.78 is 5.33. The lowest BCUT2D eigenvalue weighted by molar-refractivity contribution is 0.419. The molecule has 80 valence electrons. The van der Waals surface area contributed by atoms with Gasteiger partial charge in [-0.05, 0) is 17.0 Å². The molecule has 0 unspecified atom stereocenters. The van der Waals surface area contributed by atoms with E-state index in [1.165, 1.54) is 10.9 Å². The van der Waals surface area contributed by atoms with Crippen molar-refractivity contribution in [2.24, 2.45) is 0 Å². The summed E-state index contributed by atoms with van der Waals surface area (Å²) in [6, 6.07) is 12.2. The second-order valence-electron chi connectivity index (χ2n) is 3.60. The third-order valence-electron chi connectivity index (χ3n) is 2.69. The molecule has 0 radical (unpaired) electrons. The number of rotatable bonds is 3. The van der Waals surface area contributed by atoms with E-state index in [-0.39, 0.29) is 0 Å². The smallest absolute Gasteiger partial charge is 0.218 e. The summed E-state index contributed by atoms with van der Waals surface area (Å²) >= 11 is 0. The van der Waals surface area contributed by atoms with E-state index in [2.05, 4.69) is 17.0 Å². The summed E-state index contributed by atoms with van der Waals surface area (Å²) in [5, 5.41) is 2.30. The van der Waals surface area contributed by atoms with Crippen molar-refractivity contribution in [2.75, 3.05) is 13.7 Å². The van der Waals surface area contributed by atoms with Gasteiger partial charge in [0.05, 0.1) is 7.11 Å². The number of hydrogen-bond acceptors (Lipinski definition) is 1. The molecule has 0 spiro atoms. The lowest BCUT2D eigenvalue weighted by Crippen LogP contribution is -1.92. The molecular weight excluding hydrogens is 198 g/mol. The summed E-state index contributed by atoms with van der Waals surface area (Å²) in [5.41, 5.74) is 1.22. The molecule has 0 atom stereocenters. The molecule has 0 saturated heterocycles.